The van der Waals surface area contributed by atoms with Gasteiger partial charge in [-0.3, -0.25) is 0 Å². The maximum Gasteiger partial charge on any atom is 0.318 e. The Bertz CT molecular complexity index is 762. The highest BCUT2D eigenvalue weighted by Crippen LogP contribution is 2.40. The zero-order valence-corrected chi connectivity index (χ0v) is 14.7. The second-order valence-electron chi connectivity index (χ2n) is 7.12. The molecule has 2 fully saturated rings. The van der Waals surface area contributed by atoms with Crippen LogP contribution in [0.4, 0.5) is 4.79 Å². The van der Waals surface area contributed by atoms with E-state index >= 15 is 0 Å². The van der Waals surface area contributed by atoms with E-state index in [-0.39, 0.29) is 18.2 Å². The molecule has 2 aliphatic rings. The number of urea groups is 1. The third-order valence-electron chi connectivity index (χ3n) is 4.94. The predicted molar refractivity (Wildman–Crippen MR) is 94.4 cm³/mol. The number of likely N-dealkylation sites (tertiary alicyclic amines) is 1. The van der Waals surface area contributed by atoms with E-state index in [0.29, 0.717) is 19.0 Å². The van der Waals surface area contributed by atoms with E-state index in [0.717, 1.165) is 24.4 Å². The van der Waals surface area contributed by atoms with Crippen molar-refractivity contribution in [1.82, 2.24) is 19.8 Å². The molecule has 1 saturated carbocycles. The smallest absolute Gasteiger partial charge is 0.318 e. The van der Waals surface area contributed by atoms with E-state index in [1.165, 1.54) is 5.56 Å². The Balaban J connectivity index is 1.31. The highest BCUT2D eigenvalue weighted by Gasteiger charge is 2.39. The number of aryl methyl sites for hydroxylation is 2. The first kappa shape index (κ1) is 16.0. The zero-order valence-electron chi connectivity index (χ0n) is 14.7. The molecule has 25 heavy (non-hydrogen) atoms. The summed E-state index contributed by atoms with van der Waals surface area (Å²) in [5.41, 5.74) is 1.17. The topological polar surface area (TPSA) is 59.4 Å². The number of nitrogens with one attached hydrogen (secondary N) is 1. The summed E-state index contributed by atoms with van der Waals surface area (Å²) in [5, 5.41) is 3.17. The van der Waals surface area contributed by atoms with Crippen molar-refractivity contribution < 1.29 is 9.53 Å². The number of rotatable bonds is 5. The number of imidazole rings is 1. The van der Waals surface area contributed by atoms with Crippen molar-refractivity contribution in [3.8, 4) is 5.75 Å². The van der Waals surface area contributed by atoms with Gasteiger partial charge in [0.15, 0.2) is 0 Å². The van der Waals surface area contributed by atoms with Gasteiger partial charge in [-0.2, -0.15) is 0 Å². The van der Waals surface area contributed by atoms with Gasteiger partial charge in [-0.05, 0) is 43.4 Å². The Kier molecular flexibility index (Phi) is 4.11. The molecular formula is C19H24N4O2. The molecule has 1 aromatic heterocycles. The molecule has 0 spiro atoms. The van der Waals surface area contributed by atoms with Gasteiger partial charge in [0, 0.05) is 19.4 Å². The van der Waals surface area contributed by atoms with Crippen LogP contribution in [0.15, 0.2) is 36.7 Å². The van der Waals surface area contributed by atoms with Crippen molar-refractivity contribution >= 4 is 6.03 Å². The summed E-state index contributed by atoms with van der Waals surface area (Å²) in [6.45, 7) is 3.29. The largest absolute Gasteiger partial charge is 0.487 e. The number of ether oxygens (including phenoxy) is 1. The average Bonchev–Trinajstić information content (AvgIpc) is 3.30. The number of hydrogen-bond acceptors (Lipinski definition) is 3. The molecule has 2 amide bonds. The van der Waals surface area contributed by atoms with Crippen molar-refractivity contribution in [2.75, 3.05) is 13.1 Å². The monoisotopic (exact) mass is 340 g/mol. The molecule has 0 radical (unpaired) electrons. The third kappa shape index (κ3) is 3.48. The minimum atomic E-state index is -0.0241. The van der Waals surface area contributed by atoms with E-state index < -0.39 is 0 Å². The van der Waals surface area contributed by atoms with Gasteiger partial charge >= 0.3 is 6.03 Å². The normalized spacial score (nSPS) is 18.6. The number of nitrogens with zero attached hydrogens (tertiary/aromatic N) is 3. The van der Waals surface area contributed by atoms with Gasteiger partial charge in [-0.1, -0.05) is 12.1 Å². The molecule has 2 aromatic rings. The molecule has 1 aromatic carbocycles. The first-order chi connectivity index (χ1) is 12.1. The number of amides is 2. The van der Waals surface area contributed by atoms with Crippen LogP contribution in [-0.2, 0) is 7.05 Å². The maximum absolute atomic E-state index is 12.5. The third-order valence-corrected chi connectivity index (χ3v) is 4.94. The Morgan fingerprint density at radius 2 is 2.16 bits per heavy atom. The predicted octanol–water partition coefficient (Wildman–Crippen LogP) is 2.65. The highest BCUT2D eigenvalue weighted by atomic mass is 16.5. The molecule has 4 rings (SSSR count). The molecule has 1 aliphatic carbocycles. The zero-order chi connectivity index (χ0) is 17.4. The lowest BCUT2D eigenvalue weighted by Gasteiger charge is -2.39. The minimum absolute atomic E-state index is 0.00393. The summed E-state index contributed by atoms with van der Waals surface area (Å²) in [6.07, 6.45) is 6.08. The van der Waals surface area contributed by atoms with Gasteiger partial charge < -0.3 is 19.5 Å². The van der Waals surface area contributed by atoms with Gasteiger partial charge in [-0.25, -0.2) is 9.78 Å². The molecule has 2 heterocycles. The van der Waals surface area contributed by atoms with Crippen LogP contribution in [0, 0.1) is 12.8 Å². The lowest BCUT2D eigenvalue weighted by Crippen LogP contribution is -2.59. The van der Waals surface area contributed by atoms with E-state index in [2.05, 4.69) is 10.3 Å². The van der Waals surface area contributed by atoms with Gasteiger partial charge in [-0.15, -0.1) is 0 Å². The fraction of sp³-hybridized carbons (Fsp3) is 0.474. The lowest BCUT2D eigenvalue weighted by molar-refractivity contribution is 0.0429. The van der Waals surface area contributed by atoms with Crippen LogP contribution in [0.3, 0.4) is 0 Å². The lowest BCUT2D eigenvalue weighted by atomic mass is 10.1. The summed E-state index contributed by atoms with van der Waals surface area (Å²) < 4.78 is 7.92. The number of carbonyl (C=O) groups is 1. The molecule has 1 aliphatic heterocycles. The molecule has 6 heteroatoms. The van der Waals surface area contributed by atoms with Crippen molar-refractivity contribution in [3.05, 3.63) is 48.0 Å². The Hall–Kier alpha value is -2.50. The molecule has 132 valence electrons. The number of benzene rings is 1. The van der Waals surface area contributed by atoms with Crippen molar-refractivity contribution in [2.45, 2.75) is 31.9 Å². The molecule has 0 bridgehead atoms. The molecule has 0 unspecified atom stereocenters. The molecule has 6 nitrogen and oxygen atoms in total. The SMILES string of the molecule is Cc1cccc(OC2CN(C(=O)N[C@H](c3nccn3C)C3CC3)C2)c1. The van der Waals surface area contributed by atoms with E-state index in [1.54, 1.807) is 11.1 Å². The second-order valence-corrected chi connectivity index (χ2v) is 7.12. The van der Waals surface area contributed by atoms with Gasteiger partial charge in [0.25, 0.3) is 0 Å². The molecule has 1 atom stereocenters. The Morgan fingerprint density at radius 1 is 1.36 bits per heavy atom. The first-order valence-electron chi connectivity index (χ1n) is 8.86. The fourth-order valence-corrected chi connectivity index (χ4v) is 3.28. The van der Waals surface area contributed by atoms with E-state index in [4.69, 9.17) is 4.74 Å². The van der Waals surface area contributed by atoms with Crippen LogP contribution in [0.2, 0.25) is 0 Å². The van der Waals surface area contributed by atoms with Crippen LogP contribution < -0.4 is 10.1 Å². The number of carbonyl (C=O) groups excluding carboxylic acids is 1. The number of hydrogen-bond donors (Lipinski definition) is 1. The van der Waals surface area contributed by atoms with Crippen molar-refractivity contribution in [3.63, 3.8) is 0 Å². The highest BCUT2D eigenvalue weighted by molar-refractivity contribution is 5.75. The van der Waals surface area contributed by atoms with Gasteiger partial charge in [0.2, 0.25) is 0 Å². The van der Waals surface area contributed by atoms with Crippen molar-refractivity contribution in [1.29, 1.82) is 0 Å². The first-order valence-corrected chi connectivity index (χ1v) is 8.86. The Morgan fingerprint density at radius 3 is 2.80 bits per heavy atom. The summed E-state index contributed by atoms with van der Waals surface area (Å²) in [7, 11) is 1.97. The van der Waals surface area contributed by atoms with Gasteiger partial charge in [0.1, 0.15) is 17.7 Å². The summed E-state index contributed by atoms with van der Waals surface area (Å²) >= 11 is 0. The minimum Gasteiger partial charge on any atom is -0.487 e. The molecular weight excluding hydrogens is 316 g/mol. The summed E-state index contributed by atoms with van der Waals surface area (Å²) in [4.78, 5) is 18.8. The van der Waals surface area contributed by atoms with Crippen LogP contribution >= 0.6 is 0 Å². The Labute approximate surface area is 147 Å². The molecule has 1 saturated heterocycles. The summed E-state index contributed by atoms with van der Waals surface area (Å²) in [6, 6.07) is 7.99. The standard InChI is InChI=1S/C19H24N4O2/c1-13-4-3-5-15(10-13)25-16-11-23(12-16)19(24)21-17(14-6-7-14)18-20-8-9-22(18)2/h3-5,8-10,14,16-17H,6-7,11-12H2,1-2H3,(H,21,24)/t17-/m0/s1. The molecule has 1 N–H and O–H groups in total. The van der Waals surface area contributed by atoms with Crippen LogP contribution in [0.25, 0.3) is 0 Å². The van der Waals surface area contributed by atoms with E-state index in [1.807, 2.05) is 49.0 Å². The van der Waals surface area contributed by atoms with Gasteiger partial charge in [0.05, 0.1) is 19.1 Å². The van der Waals surface area contributed by atoms with Crippen LogP contribution in [-0.4, -0.2) is 39.7 Å². The maximum atomic E-state index is 12.5. The van der Waals surface area contributed by atoms with Crippen LogP contribution in [0.1, 0.15) is 30.3 Å². The van der Waals surface area contributed by atoms with E-state index in [9.17, 15) is 4.79 Å². The van der Waals surface area contributed by atoms with Crippen molar-refractivity contribution in [2.24, 2.45) is 13.0 Å². The van der Waals surface area contributed by atoms with Crippen LogP contribution in [0.5, 0.6) is 5.75 Å². The quantitative estimate of drug-likeness (QED) is 0.910. The number of aromatic nitrogens is 2. The summed E-state index contributed by atoms with van der Waals surface area (Å²) in [5.74, 6) is 2.31. The fourth-order valence-electron chi connectivity index (χ4n) is 3.28. The second kappa shape index (κ2) is 6.43. The average molecular weight is 340 g/mol.